The molecule has 0 aromatic heterocycles. The van der Waals surface area contributed by atoms with Gasteiger partial charge in [0.15, 0.2) is 18.5 Å². The molecule has 0 amide bonds. The number of carbonyl (C=O) groups excluding carboxylic acids is 2. The summed E-state index contributed by atoms with van der Waals surface area (Å²) in [4.78, 5) is 30.5. The summed E-state index contributed by atoms with van der Waals surface area (Å²) in [5, 5.41) is 0. The first kappa shape index (κ1) is 93.6. The van der Waals surface area contributed by atoms with Crippen LogP contribution in [0.1, 0.15) is 180 Å². The Kier molecular flexibility index (Phi) is 39.5. The molecule has 127 heavy (non-hydrogen) atoms. The van der Waals surface area contributed by atoms with Gasteiger partial charge in [0.2, 0.25) is 0 Å². The molecule has 0 N–H and O–H groups in total. The molecule has 662 valence electrons. The molecule has 13 rings (SSSR count). The first-order chi connectivity index (χ1) is 62.8. The molecule has 12 aromatic rings. The third-order valence-corrected chi connectivity index (χ3v) is 23.0. The van der Waals surface area contributed by atoms with Gasteiger partial charge in [-0.25, -0.2) is 9.59 Å². The Balaban J connectivity index is 0.688. The van der Waals surface area contributed by atoms with Gasteiger partial charge >= 0.3 is 11.9 Å². The van der Waals surface area contributed by atoms with Crippen LogP contribution in [-0.2, 0) is 128 Å². The van der Waals surface area contributed by atoms with E-state index in [1.807, 2.05) is 359 Å². The molecule has 1 aliphatic rings. The zero-order valence-corrected chi connectivity index (χ0v) is 73.3. The van der Waals surface area contributed by atoms with E-state index in [1.54, 1.807) is 0 Å². The fourth-order valence-electron chi connectivity index (χ4n) is 16.1. The fraction of sp³-hybridized carbons (Fsp3) is 0.339. The zero-order valence-electron chi connectivity index (χ0n) is 73.3. The van der Waals surface area contributed by atoms with Crippen LogP contribution >= 0.6 is 0 Å². The minimum absolute atomic E-state index is 0.0391. The first-order valence-electron chi connectivity index (χ1n) is 45.6. The molecule has 1 aliphatic heterocycles. The molecule has 15 nitrogen and oxygen atoms in total. The smallest absolute Gasteiger partial charge is 0.343 e. The molecule has 1 saturated heterocycles. The molecule has 0 unspecified atom stereocenters. The Hall–Kier alpha value is -11.0. The summed E-state index contributed by atoms with van der Waals surface area (Å²) in [6.45, 7) is 3.54. The number of rotatable bonds is 56. The van der Waals surface area contributed by atoms with Gasteiger partial charge in [0.25, 0.3) is 0 Å². The van der Waals surface area contributed by atoms with Crippen molar-refractivity contribution < 1.29 is 71.2 Å². The van der Waals surface area contributed by atoms with E-state index in [4.69, 9.17) is 61.6 Å². The lowest BCUT2D eigenvalue weighted by Gasteiger charge is -2.47. The third kappa shape index (κ3) is 31.5. The van der Waals surface area contributed by atoms with E-state index in [1.165, 1.54) is 38.5 Å². The second kappa shape index (κ2) is 53.6. The standard InChI is InChI=1S/C112H124O15/c1-86(49-24-11-9-7-5-3-2-4-6-8-10-12-43-68-96-73-48-74-99(117-77-89-54-29-15-30-55-89)102(96)110(113)127-103(97-69-44-22-45-70-97)98-71-46-23-47-72-98)124-111(114)108(122-82-94-64-39-20-40-65-94)106(120-80-92-60-35-18-36-61-92)104(118-78-90-56-31-16-32-57-90)100(84-115-75-87-50-25-13-26-51-87)125-112-109(123-83-95-66-41-21-42-67-95)107(121-81-93-62-37-19-38-63-93)105(119-79-91-58-33-17-34-59-91)101(126-112)85-116-76-88-52-27-14-28-53-88/h13-23,25-42,44-48,50-67,69-74,86,100-101,103-109,112H,2-12,24,43,49,68,75-85H2,1H3/t86-,100-,101-,104-,105-,106+,107+,108+,109+,112-/m1/s1. The van der Waals surface area contributed by atoms with Crippen molar-refractivity contribution in [2.45, 2.75) is 230 Å². The lowest BCUT2D eigenvalue weighted by atomic mass is 9.97. The molecular formula is C112H124O15. The monoisotopic (exact) mass is 1710 g/mol. The number of esters is 2. The van der Waals surface area contributed by atoms with Crippen LogP contribution in [-0.4, -0.2) is 86.4 Å². The van der Waals surface area contributed by atoms with Gasteiger partial charge in [-0.15, -0.1) is 0 Å². The highest BCUT2D eigenvalue weighted by molar-refractivity contribution is 5.94. The Morgan fingerprint density at radius 2 is 0.693 bits per heavy atom. The molecule has 0 aliphatic carbocycles. The summed E-state index contributed by atoms with van der Waals surface area (Å²) in [6.07, 6.45) is 5.14. The largest absolute Gasteiger partial charge is 0.488 e. The summed E-state index contributed by atoms with van der Waals surface area (Å²) in [6, 6.07) is 116. The SMILES string of the molecule is C[C@H](CCCCCCCCCCCCCCCc1cccc(OCc2ccccc2)c1C(=O)OC(c1ccccc1)c1ccccc1)OC(=O)[C@@H](OCc1ccccc1)[C@@H](OCc1ccccc1)[C@H](OCc1ccccc1)[C@@H](COCc1ccccc1)O[C@@H]1O[C@H](COCc2ccccc2)[C@@H](OCc2ccccc2)[C@H](OCc2ccccc2)[C@@H]1OCc1ccccc1. The summed E-state index contributed by atoms with van der Waals surface area (Å²) in [7, 11) is 0. The summed E-state index contributed by atoms with van der Waals surface area (Å²) in [5.41, 5.74) is 11.6. The Labute approximate surface area is 751 Å². The van der Waals surface area contributed by atoms with Gasteiger partial charge in [-0.1, -0.05) is 416 Å². The predicted molar refractivity (Wildman–Crippen MR) is 497 cm³/mol. The molecule has 12 aromatic carbocycles. The summed E-state index contributed by atoms with van der Waals surface area (Å²) in [5.74, 6) is -0.460. The maximum Gasteiger partial charge on any atom is 0.343 e. The number of carbonyl (C=O) groups is 2. The van der Waals surface area contributed by atoms with E-state index in [-0.39, 0.29) is 59.5 Å². The fourth-order valence-corrected chi connectivity index (χ4v) is 16.1. The minimum atomic E-state index is -1.39. The molecule has 0 spiro atoms. The van der Waals surface area contributed by atoms with Crippen LogP contribution in [0.2, 0.25) is 0 Å². The second-order valence-corrected chi connectivity index (χ2v) is 32.8. The van der Waals surface area contributed by atoms with Crippen molar-refractivity contribution in [3.8, 4) is 5.75 Å². The number of ether oxygens (including phenoxy) is 13. The topological polar surface area (TPSA) is 154 Å². The lowest BCUT2D eigenvalue weighted by Crippen LogP contribution is -2.63. The highest BCUT2D eigenvalue weighted by Gasteiger charge is 2.52. The van der Waals surface area contributed by atoms with Gasteiger partial charge in [0.1, 0.15) is 60.6 Å². The van der Waals surface area contributed by atoms with Gasteiger partial charge < -0.3 is 61.6 Å². The predicted octanol–water partition coefficient (Wildman–Crippen LogP) is 24.2. The van der Waals surface area contributed by atoms with E-state index >= 15 is 4.79 Å². The number of benzene rings is 12. The van der Waals surface area contributed by atoms with E-state index in [9.17, 15) is 4.79 Å². The van der Waals surface area contributed by atoms with Crippen molar-refractivity contribution >= 4 is 11.9 Å². The molecule has 15 heteroatoms. The van der Waals surface area contributed by atoms with Crippen molar-refractivity contribution in [1.29, 1.82) is 0 Å². The quantitative estimate of drug-likeness (QED) is 0.0262. The Bertz CT molecular complexity index is 4910. The number of aryl methyl sites for hydroxylation is 1. The average molecular weight is 1710 g/mol. The van der Waals surface area contributed by atoms with Crippen molar-refractivity contribution in [3.63, 3.8) is 0 Å². The molecule has 0 radical (unpaired) electrons. The van der Waals surface area contributed by atoms with Crippen LogP contribution in [0.15, 0.2) is 352 Å². The zero-order chi connectivity index (χ0) is 87.2. The first-order valence-corrected chi connectivity index (χ1v) is 45.6. The third-order valence-electron chi connectivity index (χ3n) is 23.0. The van der Waals surface area contributed by atoms with Gasteiger partial charge in [-0.2, -0.15) is 0 Å². The van der Waals surface area contributed by atoms with Gasteiger partial charge in [0, 0.05) is 0 Å². The van der Waals surface area contributed by atoms with E-state index in [2.05, 4.69) is 0 Å². The highest BCUT2D eigenvalue weighted by atomic mass is 16.7. The summed E-state index contributed by atoms with van der Waals surface area (Å²) >= 11 is 0. The maximum absolute atomic E-state index is 15.9. The van der Waals surface area contributed by atoms with Crippen LogP contribution in [0.4, 0.5) is 0 Å². The van der Waals surface area contributed by atoms with Gasteiger partial charge in [-0.3, -0.25) is 0 Å². The number of hydrogen-bond donors (Lipinski definition) is 0. The molecular weight excluding hydrogens is 1590 g/mol. The minimum Gasteiger partial charge on any atom is -0.488 e. The molecule has 0 saturated carbocycles. The number of unbranched alkanes of at least 4 members (excludes halogenated alkanes) is 12. The molecule has 1 heterocycles. The van der Waals surface area contributed by atoms with Gasteiger partial charge in [0.05, 0.1) is 72.2 Å². The average Bonchev–Trinajstić information content (AvgIpc) is 0.780. The van der Waals surface area contributed by atoms with Crippen molar-refractivity contribution in [2.24, 2.45) is 0 Å². The maximum atomic E-state index is 15.9. The molecule has 10 atom stereocenters. The van der Waals surface area contributed by atoms with Crippen molar-refractivity contribution in [3.05, 3.63) is 424 Å². The normalized spacial score (nSPS) is 16.3. The Morgan fingerprint density at radius 1 is 0.331 bits per heavy atom. The van der Waals surface area contributed by atoms with Crippen LogP contribution in [0.5, 0.6) is 5.75 Å². The lowest BCUT2D eigenvalue weighted by molar-refractivity contribution is -0.347. The van der Waals surface area contributed by atoms with Crippen LogP contribution in [0.3, 0.4) is 0 Å². The molecule has 1 fully saturated rings. The van der Waals surface area contributed by atoms with Crippen LogP contribution in [0.25, 0.3) is 0 Å². The van der Waals surface area contributed by atoms with E-state index < -0.39 is 79.3 Å². The van der Waals surface area contributed by atoms with E-state index in [0.29, 0.717) is 30.9 Å². The Morgan fingerprint density at radius 3 is 1.14 bits per heavy atom. The highest BCUT2D eigenvalue weighted by Crippen LogP contribution is 2.37. The molecule has 0 bridgehead atoms. The number of hydrogen-bond acceptors (Lipinski definition) is 15. The van der Waals surface area contributed by atoms with Crippen molar-refractivity contribution in [2.75, 3.05) is 13.2 Å². The van der Waals surface area contributed by atoms with Gasteiger partial charge in [-0.05, 0) is 105 Å². The van der Waals surface area contributed by atoms with E-state index in [0.717, 1.165) is 118 Å². The second-order valence-electron chi connectivity index (χ2n) is 32.8. The van der Waals surface area contributed by atoms with Crippen molar-refractivity contribution in [1.82, 2.24) is 0 Å². The van der Waals surface area contributed by atoms with Crippen LogP contribution < -0.4 is 4.74 Å². The van der Waals surface area contributed by atoms with Crippen LogP contribution in [0, 0.1) is 0 Å². The summed E-state index contributed by atoms with van der Waals surface area (Å²) < 4.78 is 92.0.